The maximum Gasteiger partial charge on any atom is 0.213 e. The van der Waals surface area contributed by atoms with Gasteiger partial charge in [-0.15, -0.1) is 0 Å². The van der Waals surface area contributed by atoms with Crippen molar-refractivity contribution in [3.63, 3.8) is 0 Å². The minimum atomic E-state index is -3.38. The van der Waals surface area contributed by atoms with Gasteiger partial charge in [-0.3, -0.25) is 0 Å². The zero-order valence-electron chi connectivity index (χ0n) is 11.2. The van der Waals surface area contributed by atoms with Crippen molar-refractivity contribution >= 4 is 10.0 Å². The van der Waals surface area contributed by atoms with Crippen LogP contribution in [0.15, 0.2) is 0 Å². The molecule has 1 aliphatic rings. The second-order valence-electron chi connectivity index (χ2n) is 5.25. The molecule has 1 rings (SSSR count). The number of piperidine rings is 1. The molecule has 4 N–H and O–H groups in total. The first-order chi connectivity index (χ1) is 8.34. The Morgan fingerprint density at radius 3 is 2.39 bits per heavy atom. The van der Waals surface area contributed by atoms with Gasteiger partial charge in [0.1, 0.15) is 0 Å². The van der Waals surface area contributed by atoms with Crippen molar-refractivity contribution in [2.24, 2.45) is 5.73 Å². The minimum Gasteiger partial charge on any atom is -0.395 e. The van der Waals surface area contributed by atoms with Gasteiger partial charge in [-0.25, -0.2) is 13.1 Å². The maximum atomic E-state index is 11.8. The topological polar surface area (TPSA) is 95.7 Å². The standard InChI is InChI=1S/C11H25N3O3S/c1-9(2)14-5-3-11(4-6-14)13-18(16,17)8-10(12)7-15/h9-11,13,15H,3-8,12H2,1-2H3/t10-/m0/s1. The monoisotopic (exact) mass is 279 g/mol. The van der Waals surface area contributed by atoms with Crippen molar-refractivity contribution in [3.8, 4) is 0 Å². The lowest BCUT2D eigenvalue weighted by Gasteiger charge is -2.34. The first-order valence-electron chi connectivity index (χ1n) is 6.44. The Morgan fingerprint density at radius 2 is 1.94 bits per heavy atom. The fourth-order valence-electron chi connectivity index (χ4n) is 2.17. The van der Waals surface area contributed by atoms with E-state index in [1.807, 2.05) is 0 Å². The normalized spacial score (nSPS) is 21.4. The van der Waals surface area contributed by atoms with E-state index in [1.54, 1.807) is 0 Å². The van der Waals surface area contributed by atoms with Crippen LogP contribution >= 0.6 is 0 Å². The summed E-state index contributed by atoms with van der Waals surface area (Å²) in [5.41, 5.74) is 5.45. The predicted octanol–water partition coefficient (Wildman–Crippen LogP) is -0.902. The molecule has 0 unspecified atom stereocenters. The van der Waals surface area contributed by atoms with Gasteiger partial charge in [0.05, 0.1) is 12.4 Å². The lowest BCUT2D eigenvalue weighted by molar-refractivity contribution is 0.168. The highest BCUT2D eigenvalue weighted by atomic mass is 32.2. The lowest BCUT2D eigenvalue weighted by Crippen LogP contribution is -2.48. The number of likely N-dealkylation sites (tertiary alicyclic amines) is 1. The second-order valence-corrected chi connectivity index (χ2v) is 7.04. The van der Waals surface area contributed by atoms with Crippen LogP contribution < -0.4 is 10.5 Å². The maximum absolute atomic E-state index is 11.8. The molecule has 1 saturated heterocycles. The van der Waals surface area contributed by atoms with Crippen molar-refractivity contribution in [1.29, 1.82) is 0 Å². The zero-order valence-corrected chi connectivity index (χ0v) is 12.0. The lowest BCUT2D eigenvalue weighted by atomic mass is 10.1. The van der Waals surface area contributed by atoms with Crippen molar-refractivity contribution < 1.29 is 13.5 Å². The van der Waals surface area contributed by atoms with Crippen LogP contribution in [0.25, 0.3) is 0 Å². The molecule has 0 radical (unpaired) electrons. The molecule has 0 spiro atoms. The van der Waals surface area contributed by atoms with Crippen LogP contribution in [0.5, 0.6) is 0 Å². The third kappa shape index (κ3) is 5.19. The number of aliphatic hydroxyl groups is 1. The highest BCUT2D eigenvalue weighted by Gasteiger charge is 2.25. The van der Waals surface area contributed by atoms with E-state index in [0.29, 0.717) is 6.04 Å². The second kappa shape index (κ2) is 6.81. The molecule has 0 aromatic rings. The van der Waals surface area contributed by atoms with Gasteiger partial charge in [0.2, 0.25) is 10.0 Å². The average molecular weight is 279 g/mol. The fourth-order valence-corrected chi connectivity index (χ4v) is 3.68. The molecule has 108 valence electrons. The number of hydrogen-bond acceptors (Lipinski definition) is 5. The Bertz CT molecular complexity index is 337. The highest BCUT2D eigenvalue weighted by Crippen LogP contribution is 2.13. The Kier molecular flexibility index (Phi) is 6.00. The van der Waals surface area contributed by atoms with Gasteiger partial charge in [-0.1, -0.05) is 0 Å². The molecule has 0 aromatic heterocycles. The van der Waals surface area contributed by atoms with E-state index in [4.69, 9.17) is 10.8 Å². The molecule has 7 heteroatoms. The molecular formula is C11H25N3O3S. The predicted molar refractivity (Wildman–Crippen MR) is 71.7 cm³/mol. The number of hydrogen-bond donors (Lipinski definition) is 3. The quantitative estimate of drug-likeness (QED) is 0.585. The summed E-state index contributed by atoms with van der Waals surface area (Å²) < 4.78 is 26.2. The molecule has 1 aliphatic heterocycles. The molecule has 1 atom stereocenters. The van der Waals surface area contributed by atoms with Crippen LogP contribution in [0.4, 0.5) is 0 Å². The van der Waals surface area contributed by atoms with E-state index in [9.17, 15) is 8.42 Å². The van der Waals surface area contributed by atoms with E-state index in [0.717, 1.165) is 25.9 Å². The van der Waals surface area contributed by atoms with E-state index >= 15 is 0 Å². The van der Waals surface area contributed by atoms with Crippen LogP contribution in [0.1, 0.15) is 26.7 Å². The average Bonchev–Trinajstić information content (AvgIpc) is 2.28. The van der Waals surface area contributed by atoms with Gasteiger partial charge in [0.15, 0.2) is 0 Å². The summed E-state index contributed by atoms with van der Waals surface area (Å²) in [5.74, 6) is -0.214. The molecule has 6 nitrogen and oxygen atoms in total. The third-order valence-corrected chi connectivity index (χ3v) is 4.83. The highest BCUT2D eigenvalue weighted by molar-refractivity contribution is 7.89. The largest absolute Gasteiger partial charge is 0.395 e. The smallest absolute Gasteiger partial charge is 0.213 e. The van der Waals surface area contributed by atoms with Crippen molar-refractivity contribution in [2.45, 2.75) is 44.8 Å². The van der Waals surface area contributed by atoms with E-state index in [-0.39, 0.29) is 18.4 Å². The van der Waals surface area contributed by atoms with Gasteiger partial charge < -0.3 is 15.7 Å². The van der Waals surface area contributed by atoms with Gasteiger partial charge in [-0.05, 0) is 39.8 Å². The number of sulfonamides is 1. The molecule has 0 aromatic carbocycles. The molecule has 0 bridgehead atoms. The molecular weight excluding hydrogens is 254 g/mol. The summed E-state index contributed by atoms with van der Waals surface area (Å²) in [5, 5.41) is 8.78. The summed E-state index contributed by atoms with van der Waals surface area (Å²) >= 11 is 0. The van der Waals surface area contributed by atoms with Crippen molar-refractivity contribution in [2.75, 3.05) is 25.4 Å². The summed E-state index contributed by atoms with van der Waals surface area (Å²) in [6, 6.07) is -0.209. The van der Waals surface area contributed by atoms with Crippen molar-refractivity contribution in [3.05, 3.63) is 0 Å². The third-order valence-electron chi connectivity index (χ3n) is 3.27. The van der Waals surface area contributed by atoms with Crippen LogP contribution in [0.3, 0.4) is 0 Å². The summed E-state index contributed by atoms with van der Waals surface area (Å²) in [6.07, 6.45) is 1.65. The Hall–Kier alpha value is -0.210. The van der Waals surface area contributed by atoms with E-state index in [1.165, 1.54) is 0 Å². The van der Waals surface area contributed by atoms with Gasteiger partial charge in [-0.2, -0.15) is 0 Å². The molecule has 0 amide bonds. The van der Waals surface area contributed by atoms with Crippen LogP contribution in [0.2, 0.25) is 0 Å². The Labute approximate surface area is 110 Å². The van der Waals surface area contributed by atoms with Gasteiger partial charge >= 0.3 is 0 Å². The number of aliphatic hydroxyl groups excluding tert-OH is 1. The molecule has 1 fully saturated rings. The first-order valence-corrected chi connectivity index (χ1v) is 8.09. The summed E-state index contributed by atoms with van der Waals surface area (Å²) in [4.78, 5) is 2.34. The zero-order chi connectivity index (χ0) is 13.8. The van der Waals surface area contributed by atoms with Crippen LogP contribution in [-0.4, -0.2) is 62.0 Å². The Morgan fingerprint density at radius 1 is 1.39 bits per heavy atom. The number of nitrogens with two attached hydrogens (primary N) is 1. The SMILES string of the molecule is CC(C)N1CCC(NS(=O)(=O)C[C@@H](N)CO)CC1. The summed E-state index contributed by atoms with van der Waals surface area (Å²) in [6.45, 7) is 5.80. The molecule has 0 saturated carbocycles. The molecule has 0 aliphatic carbocycles. The first kappa shape index (κ1) is 15.8. The van der Waals surface area contributed by atoms with Crippen molar-refractivity contribution in [1.82, 2.24) is 9.62 Å². The fraction of sp³-hybridized carbons (Fsp3) is 1.00. The van der Waals surface area contributed by atoms with Crippen LogP contribution in [-0.2, 0) is 10.0 Å². The molecule has 1 heterocycles. The number of nitrogens with zero attached hydrogens (tertiary/aromatic N) is 1. The Balaban J connectivity index is 2.40. The van der Waals surface area contributed by atoms with E-state index < -0.39 is 16.1 Å². The minimum absolute atomic E-state index is 0.00380. The number of nitrogens with one attached hydrogen (secondary N) is 1. The van der Waals surface area contributed by atoms with E-state index in [2.05, 4.69) is 23.5 Å². The van der Waals surface area contributed by atoms with Gasteiger partial charge in [0.25, 0.3) is 0 Å². The number of rotatable bonds is 6. The van der Waals surface area contributed by atoms with Crippen LogP contribution in [0, 0.1) is 0 Å². The van der Waals surface area contributed by atoms with Gasteiger partial charge in [0, 0.05) is 18.1 Å². The summed E-state index contributed by atoms with van der Waals surface area (Å²) in [7, 11) is -3.38. The molecule has 18 heavy (non-hydrogen) atoms.